The first-order chi connectivity index (χ1) is 23.2. The van der Waals surface area contributed by atoms with Crippen LogP contribution in [0.1, 0.15) is 37.9 Å². The molecule has 1 amide bonds. The van der Waals surface area contributed by atoms with Crippen LogP contribution in [-0.2, 0) is 20.9 Å². The van der Waals surface area contributed by atoms with E-state index in [-0.39, 0.29) is 30.2 Å². The topological polar surface area (TPSA) is 113 Å². The van der Waals surface area contributed by atoms with E-state index in [1.54, 1.807) is 26.0 Å². The Labute approximate surface area is 288 Å². The van der Waals surface area contributed by atoms with E-state index < -0.39 is 12.0 Å². The fourth-order valence-corrected chi connectivity index (χ4v) is 7.39. The SMILES string of the molecule is CCOC(=O)C1=C(C)N=c2s/c(=C/c3cn(CC(=O)Nc4ccccc4)c4ccccc34)c(=O)n2[C@H]1c1cc(OC)c(OCC)cc1Br. The molecule has 12 heteroatoms. The van der Waals surface area contributed by atoms with Crippen molar-refractivity contribution >= 4 is 61.8 Å². The van der Waals surface area contributed by atoms with E-state index in [1.807, 2.05) is 78.4 Å². The number of carbonyl (C=O) groups is 2. The molecule has 0 spiro atoms. The standard InChI is InChI=1S/C36H33BrN4O6S/c1-5-46-29-18-26(37)25(17-28(29)45-4)33-32(35(44)47-6-2)21(3)38-36-41(33)34(43)30(48-36)16-22-19-40(27-15-11-10-14-24(22)27)20-31(42)39-23-12-8-7-9-13-23/h7-19,33H,5-6,20H2,1-4H3,(H,39,42)/b30-16+/t33-/m0/s1. The summed E-state index contributed by atoms with van der Waals surface area (Å²) >= 11 is 4.89. The lowest BCUT2D eigenvalue weighted by molar-refractivity contribution is -0.139. The number of benzene rings is 3. The molecule has 0 saturated heterocycles. The number of fused-ring (bicyclic) bond motifs is 2. The molecule has 3 aromatic carbocycles. The quantitative estimate of drug-likeness (QED) is 0.189. The van der Waals surface area contributed by atoms with Crippen molar-refractivity contribution in [3.63, 3.8) is 0 Å². The Morgan fingerprint density at radius 3 is 2.52 bits per heavy atom. The van der Waals surface area contributed by atoms with Gasteiger partial charge in [-0.2, -0.15) is 0 Å². The number of halogens is 1. The summed E-state index contributed by atoms with van der Waals surface area (Å²) in [5.41, 5.74) is 3.33. The number of hydrogen-bond acceptors (Lipinski definition) is 8. The highest BCUT2D eigenvalue weighted by molar-refractivity contribution is 9.10. The Kier molecular flexibility index (Phi) is 9.65. The number of rotatable bonds is 10. The maximum Gasteiger partial charge on any atom is 0.338 e. The molecule has 0 unspecified atom stereocenters. The van der Waals surface area contributed by atoms with Gasteiger partial charge in [0, 0.05) is 32.8 Å². The first-order valence-electron chi connectivity index (χ1n) is 15.4. The minimum absolute atomic E-state index is 0.0835. The molecule has 5 aromatic rings. The van der Waals surface area contributed by atoms with Gasteiger partial charge in [-0.25, -0.2) is 9.79 Å². The highest BCUT2D eigenvalue weighted by atomic mass is 79.9. The summed E-state index contributed by atoms with van der Waals surface area (Å²) in [4.78, 5) is 45.9. The van der Waals surface area contributed by atoms with Crippen molar-refractivity contribution in [1.82, 2.24) is 9.13 Å². The molecule has 0 radical (unpaired) electrons. The zero-order valence-electron chi connectivity index (χ0n) is 26.8. The molecule has 0 fully saturated rings. The van der Waals surface area contributed by atoms with Crippen LogP contribution in [0.3, 0.4) is 0 Å². The minimum Gasteiger partial charge on any atom is -0.493 e. The zero-order valence-corrected chi connectivity index (χ0v) is 29.2. The van der Waals surface area contributed by atoms with Gasteiger partial charge in [-0.3, -0.25) is 14.2 Å². The molecular weight excluding hydrogens is 696 g/mol. The maximum absolute atomic E-state index is 14.4. The molecule has 0 aliphatic carbocycles. The number of nitrogens with one attached hydrogen (secondary N) is 1. The monoisotopic (exact) mass is 728 g/mol. The number of ether oxygens (including phenoxy) is 3. The largest absolute Gasteiger partial charge is 0.493 e. The van der Waals surface area contributed by atoms with Gasteiger partial charge in [-0.15, -0.1) is 0 Å². The third-order valence-corrected chi connectivity index (χ3v) is 9.54. The molecule has 0 bridgehead atoms. The average Bonchev–Trinajstić information content (AvgIpc) is 3.57. The number of hydrogen-bond donors (Lipinski definition) is 1. The second-order valence-electron chi connectivity index (χ2n) is 10.9. The summed E-state index contributed by atoms with van der Waals surface area (Å²) in [6.45, 7) is 6.02. The van der Waals surface area contributed by atoms with Crippen molar-refractivity contribution < 1.29 is 23.8 Å². The smallest absolute Gasteiger partial charge is 0.338 e. The number of allylic oxidation sites excluding steroid dienone is 1. The Bertz CT molecular complexity index is 2250. The molecule has 1 aliphatic heterocycles. The number of methoxy groups -OCH3 is 1. The first kappa shape index (κ1) is 33.0. The zero-order chi connectivity index (χ0) is 33.9. The summed E-state index contributed by atoms with van der Waals surface area (Å²) < 4.78 is 21.3. The van der Waals surface area contributed by atoms with Gasteiger partial charge in [0.25, 0.3) is 5.56 Å². The van der Waals surface area contributed by atoms with Gasteiger partial charge < -0.3 is 24.1 Å². The normalized spacial score (nSPS) is 14.4. The second kappa shape index (κ2) is 14.0. The van der Waals surface area contributed by atoms with Gasteiger partial charge >= 0.3 is 5.97 Å². The van der Waals surface area contributed by atoms with Gasteiger partial charge in [-0.05, 0) is 62.7 Å². The molecule has 2 aromatic heterocycles. The summed E-state index contributed by atoms with van der Waals surface area (Å²) in [5, 5.41) is 3.81. The van der Waals surface area contributed by atoms with Crippen LogP contribution in [0, 0.1) is 0 Å². The van der Waals surface area contributed by atoms with Crippen LogP contribution in [0.2, 0.25) is 0 Å². The van der Waals surface area contributed by atoms with Crippen molar-refractivity contribution in [2.24, 2.45) is 4.99 Å². The van der Waals surface area contributed by atoms with Crippen LogP contribution in [0.5, 0.6) is 11.5 Å². The average molecular weight is 730 g/mol. The minimum atomic E-state index is -0.857. The van der Waals surface area contributed by atoms with Crippen molar-refractivity contribution in [1.29, 1.82) is 0 Å². The highest BCUT2D eigenvalue weighted by Crippen LogP contribution is 2.41. The highest BCUT2D eigenvalue weighted by Gasteiger charge is 2.35. The molecule has 1 aliphatic rings. The van der Waals surface area contributed by atoms with Crippen LogP contribution in [0.25, 0.3) is 17.0 Å². The van der Waals surface area contributed by atoms with E-state index in [0.29, 0.717) is 48.9 Å². The fraction of sp³-hybridized carbons (Fsp3) is 0.222. The molecular formula is C36H33BrN4O6S. The molecule has 3 heterocycles. The number of aromatic nitrogens is 2. The van der Waals surface area contributed by atoms with E-state index >= 15 is 0 Å². The van der Waals surface area contributed by atoms with Crippen molar-refractivity contribution in [3.05, 3.63) is 119 Å². The van der Waals surface area contributed by atoms with Gasteiger partial charge in [0.1, 0.15) is 6.54 Å². The molecule has 246 valence electrons. The van der Waals surface area contributed by atoms with E-state index in [4.69, 9.17) is 19.2 Å². The lowest BCUT2D eigenvalue weighted by Gasteiger charge is -2.26. The summed E-state index contributed by atoms with van der Waals surface area (Å²) in [6, 6.07) is 19.7. The van der Waals surface area contributed by atoms with Crippen LogP contribution >= 0.6 is 27.3 Å². The molecule has 0 saturated carbocycles. The molecule has 10 nitrogen and oxygen atoms in total. The van der Waals surface area contributed by atoms with Crippen molar-refractivity contribution in [3.8, 4) is 11.5 Å². The van der Waals surface area contributed by atoms with E-state index in [0.717, 1.165) is 16.5 Å². The van der Waals surface area contributed by atoms with E-state index in [1.165, 1.54) is 23.0 Å². The van der Waals surface area contributed by atoms with E-state index in [9.17, 15) is 14.4 Å². The number of nitrogens with zero attached hydrogens (tertiary/aromatic N) is 3. The Morgan fingerprint density at radius 1 is 1.04 bits per heavy atom. The van der Waals surface area contributed by atoms with Crippen LogP contribution in [0.4, 0.5) is 5.69 Å². The summed E-state index contributed by atoms with van der Waals surface area (Å²) in [6.07, 6.45) is 3.68. The lowest BCUT2D eigenvalue weighted by Crippen LogP contribution is -2.40. The predicted octanol–water partition coefficient (Wildman–Crippen LogP) is 5.56. The fourth-order valence-electron chi connectivity index (χ4n) is 5.81. The number of thiazole rings is 1. The van der Waals surface area contributed by atoms with Crippen LogP contribution in [0.15, 0.2) is 98.5 Å². The summed E-state index contributed by atoms with van der Waals surface area (Å²) in [7, 11) is 1.54. The molecule has 6 rings (SSSR count). The first-order valence-corrected chi connectivity index (χ1v) is 17.0. The van der Waals surface area contributed by atoms with Crippen LogP contribution in [-0.4, -0.2) is 41.3 Å². The molecule has 1 N–H and O–H groups in total. The van der Waals surface area contributed by atoms with E-state index in [2.05, 4.69) is 21.2 Å². The number of para-hydroxylation sites is 2. The van der Waals surface area contributed by atoms with Crippen molar-refractivity contribution in [2.45, 2.75) is 33.4 Å². The predicted molar refractivity (Wildman–Crippen MR) is 189 cm³/mol. The molecule has 48 heavy (non-hydrogen) atoms. The van der Waals surface area contributed by atoms with Crippen molar-refractivity contribution in [2.75, 3.05) is 25.6 Å². The number of anilines is 1. The van der Waals surface area contributed by atoms with Gasteiger partial charge in [0.2, 0.25) is 5.91 Å². The van der Waals surface area contributed by atoms with Gasteiger partial charge in [-0.1, -0.05) is 63.7 Å². The van der Waals surface area contributed by atoms with Gasteiger partial charge in [0.05, 0.1) is 42.2 Å². The third kappa shape index (κ3) is 6.33. The Morgan fingerprint density at radius 2 is 1.79 bits per heavy atom. The number of amides is 1. The second-order valence-corrected chi connectivity index (χ2v) is 12.8. The molecule has 1 atom stereocenters. The maximum atomic E-state index is 14.4. The van der Waals surface area contributed by atoms with Gasteiger partial charge in [0.15, 0.2) is 16.3 Å². The Balaban J connectivity index is 1.48. The lowest BCUT2D eigenvalue weighted by atomic mass is 9.95. The number of carbonyl (C=O) groups excluding carboxylic acids is 2. The van der Waals surface area contributed by atoms with Crippen LogP contribution < -0.4 is 29.7 Å². The third-order valence-electron chi connectivity index (χ3n) is 7.87. The number of esters is 1. The summed E-state index contributed by atoms with van der Waals surface area (Å²) in [5.74, 6) is 0.246. The Hall–Kier alpha value is -4.94.